The summed E-state index contributed by atoms with van der Waals surface area (Å²) in [6.07, 6.45) is 5.78. The molecule has 0 bridgehead atoms. The number of aromatic nitrogens is 3. The summed E-state index contributed by atoms with van der Waals surface area (Å²) in [4.78, 5) is 24.9. The fraction of sp³-hybridized carbons (Fsp3) is 0.333. The Kier molecular flexibility index (Phi) is 11.7. The number of aliphatic hydroxyl groups excluding tert-OH is 1. The lowest BCUT2D eigenvalue weighted by atomic mass is 10.1. The number of halogens is 3. The first-order valence-electron chi connectivity index (χ1n) is 15.1. The lowest BCUT2D eigenvalue weighted by Gasteiger charge is -2.16. The molecule has 46 heavy (non-hydrogen) atoms. The molecule has 0 saturated carbocycles. The van der Waals surface area contributed by atoms with Crippen molar-refractivity contribution in [3.8, 4) is 28.4 Å². The largest absolute Gasteiger partial charge is 0.481 e. The average molecular weight is 669 g/mol. The zero-order valence-electron chi connectivity index (χ0n) is 25.4. The molecule has 5 N–H and O–H groups in total. The molecule has 1 aromatic carbocycles. The highest BCUT2D eigenvalue weighted by atomic mass is 35.5. The second-order valence-electron chi connectivity index (χ2n) is 10.8. The van der Waals surface area contributed by atoms with Crippen molar-refractivity contribution in [3.63, 3.8) is 0 Å². The molecule has 1 aliphatic rings. The van der Waals surface area contributed by atoms with Crippen molar-refractivity contribution in [3.05, 3.63) is 81.8 Å². The molecule has 4 heterocycles. The van der Waals surface area contributed by atoms with Gasteiger partial charge in [-0.3, -0.25) is 9.78 Å². The molecule has 10 nitrogen and oxygen atoms in total. The van der Waals surface area contributed by atoms with Crippen LogP contribution in [0.5, 0.6) is 5.88 Å². The van der Waals surface area contributed by atoms with Crippen LogP contribution >= 0.6 is 23.2 Å². The Bertz CT molecular complexity index is 1680. The van der Waals surface area contributed by atoms with Crippen molar-refractivity contribution in [2.75, 3.05) is 38.7 Å². The lowest BCUT2D eigenvalue weighted by molar-refractivity contribution is -0.119. The molecule has 1 unspecified atom stereocenters. The number of aryl methyl sites for hydroxylation is 1. The molecule has 1 fully saturated rings. The predicted octanol–water partition coefficient (Wildman–Crippen LogP) is 5.29. The monoisotopic (exact) mass is 667 g/mol. The van der Waals surface area contributed by atoms with Gasteiger partial charge in [0.15, 0.2) is 11.6 Å². The standard InChI is InChI=1S/C33H36Cl2FN7O3/c1-46-33-21(18-38-19-22-8-10-27(45)41-22)7-9-25(43-33)23-12-15-39-31(29(23)35)24-5-2-6-26(28(24)34)42-32-30(36)20(11-14-40-32)4-3-13-37-16-17-44/h2,5-7,9,11-12,14-15,22,37-38,44H,3-4,8,10,13,16-19H2,1H3,(H,40,42)(H,41,45). The minimum atomic E-state index is -0.451. The van der Waals surface area contributed by atoms with Gasteiger partial charge in [0.05, 0.1) is 40.8 Å². The second-order valence-corrected chi connectivity index (χ2v) is 11.6. The normalized spacial score (nSPS) is 14.4. The Labute approximate surface area is 277 Å². The van der Waals surface area contributed by atoms with E-state index in [2.05, 4.69) is 31.2 Å². The maximum Gasteiger partial charge on any atom is 0.220 e. The highest BCUT2D eigenvalue weighted by Gasteiger charge is 2.21. The number of rotatable bonds is 15. The molecule has 4 aromatic rings. The van der Waals surface area contributed by atoms with E-state index in [4.69, 9.17) is 38.0 Å². The van der Waals surface area contributed by atoms with E-state index in [0.717, 1.165) is 12.0 Å². The number of carbonyl (C=O) groups excluding carboxylic acids is 1. The number of methoxy groups -OCH3 is 1. The van der Waals surface area contributed by atoms with E-state index in [1.807, 2.05) is 12.1 Å². The quantitative estimate of drug-likeness (QED) is 0.107. The van der Waals surface area contributed by atoms with Crippen LogP contribution in [0.25, 0.3) is 22.5 Å². The summed E-state index contributed by atoms with van der Waals surface area (Å²) >= 11 is 13.8. The van der Waals surface area contributed by atoms with Gasteiger partial charge in [-0.05, 0) is 55.6 Å². The van der Waals surface area contributed by atoms with E-state index < -0.39 is 5.82 Å². The van der Waals surface area contributed by atoms with Gasteiger partial charge in [-0.25, -0.2) is 14.4 Å². The number of anilines is 2. The highest BCUT2D eigenvalue weighted by Crippen LogP contribution is 2.41. The van der Waals surface area contributed by atoms with E-state index in [0.29, 0.717) is 95.1 Å². The Balaban J connectivity index is 1.33. The van der Waals surface area contributed by atoms with Gasteiger partial charge in [-0.2, -0.15) is 0 Å². The van der Waals surface area contributed by atoms with E-state index in [-0.39, 0.29) is 24.4 Å². The number of carbonyl (C=O) groups is 1. The summed E-state index contributed by atoms with van der Waals surface area (Å²) < 4.78 is 20.9. The number of amides is 1. The molecule has 5 rings (SSSR count). The molecular weight excluding hydrogens is 632 g/mol. The maximum absolute atomic E-state index is 15.3. The first kappa shape index (κ1) is 33.5. The van der Waals surface area contributed by atoms with Crippen molar-refractivity contribution in [2.45, 2.75) is 38.3 Å². The number of pyridine rings is 3. The van der Waals surface area contributed by atoms with Crippen LogP contribution in [0, 0.1) is 5.82 Å². The molecule has 13 heteroatoms. The minimum absolute atomic E-state index is 0.0595. The molecule has 0 spiro atoms. The average Bonchev–Trinajstić information content (AvgIpc) is 3.48. The van der Waals surface area contributed by atoms with Gasteiger partial charge < -0.3 is 31.1 Å². The molecule has 1 saturated heterocycles. The third kappa shape index (κ3) is 8.09. The maximum atomic E-state index is 15.3. The van der Waals surface area contributed by atoms with Crippen LogP contribution < -0.4 is 26.0 Å². The smallest absolute Gasteiger partial charge is 0.220 e. The van der Waals surface area contributed by atoms with E-state index in [1.165, 1.54) is 0 Å². The third-order valence-electron chi connectivity index (χ3n) is 7.65. The lowest BCUT2D eigenvalue weighted by Crippen LogP contribution is -2.35. The SMILES string of the molecule is COc1nc(-c2ccnc(-c3cccc(Nc4nccc(CCCNCCO)c4F)c3Cl)c2Cl)ccc1CNCC1CCC(=O)N1. The van der Waals surface area contributed by atoms with Crippen LogP contribution in [-0.2, 0) is 17.8 Å². The van der Waals surface area contributed by atoms with E-state index in [9.17, 15) is 4.79 Å². The molecule has 3 aromatic heterocycles. The highest BCUT2D eigenvalue weighted by molar-refractivity contribution is 6.39. The summed E-state index contributed by atoms with van der Waals surface area (Å²) in [6, 6.07) is 12.6. The van der Waals surface area contributed by atoms with Crippen molar-refractivity contribution in [1.29, 1.82) is 0 Å². The number of hydrogen-bond acceptors (Lipinski definition) is 9. The van der Waals surface area contributed by atoms with Gasteiger partial charge in [0.25, 0.3) is 0 Å². The van der Waals surface area contributed by atoms with Crippen LogP contribution in [0.3, 0.4) is 0 Å². The van der Waals surface area contributed by atoms with Crippen molar-refractivity contribution in [1.82, 2.24) is 30.9 Å². The zero-order valence-corrected chi connectivity index (χ0v) is 26.9. The van der Waals surface area contributed by atoms with Gasteiger partial charge in [0.2, 0.25) is 11.8 Å². The van der Waals surface area contributed by atoms with Crippen LogP contribution in [0.1, 0.15) is 30.4 Å². The summed E-state index contributed by atoms with van der Waals surface area (Å²) in [5, 5.41) is 22.0. The van der Waals surface area contributed by atoms with E-state index in [1.54, 1.807) is 49.8 Å². The summed E-state index contributed by atoms with van der Waals surface area (Å²) in [5.41, 5.74) is 4.07. The molecule has 1 atom stereocenters. The Hall–Kier alpha value is -3.87. The number of hydrogen-bond donors (Lipinski definition) is 5. The van der Waals surface area contributed by atoms with Gasteiger partial charge >= 0.3 is 0 Å². The zero-order chi connectivity index (χ0) is 32.5. The number of benzene rings is 1. The Morgan fingerprint density at radius 2 is 1.87 bits per heavy atom. The summed E-state index contributed by atoms with van der Waals surface area (Å²) in [7, 11) is 1.56. The molecule has 1 amide bonds. The van der Waals surface area contributed by atoms with Gasteiger partial charge in [-0.1, -0.05) is 41.4 Å². The first-order valence-corrected chi connectivity index (χ1v) is 15.8. The number of nitrogens with zero attached hydrogens (tertiary/aromatic N) is 3. The summed E-state index contributed by atoms with van der Waals surface area (Å²) in [6.45, 7) is 2.40. The number of ether oxygens (including phenoxy) is 1. The predicted molar refractivity (Wildman–Crippen MR) is 178 cm³/mol. The van der Waals surface area contributed by atoms with E-state index >= 15 is 4.39 Å². The van der Waals surface area contributed by atoms with Gasteiger partial charge in [0, 0.05) is 61.2 Å². The molecule has 1 aliphatic heterocycles. The van der Waals surface area contributed by atoms with Crippen molar-refractivity contribution in [2.24, 2.45) is 0 Å². The first-order chi connectivity index (χ1) is 22.4. The molecule has 0 radical (unpaired) electrons. The van der Waals surface area contributed by atoms with Crippen LogP contribution in [0.2, 0.25) is 10.0 Å². The van der Waals surface area contributed by atoms with Crippen molar-refractivity contribution < 1.29 is 19.0 Å². The number of aliphatic hydroxyl groups is 1. The third-order valence-corrected chi connectivity index (χ3v) is 8.44. The van der Waals surface area contributed by atoms with Crippen LogP contribution in [-0.4, -0.2) is 65.4 Å². The van der Waals surface area contributed by atoms with Crippen molar-refractivity contribution >= 4 is 40.6 Å². The summed E-state index contributed by atoms with van der Waals surface area (Å²) in [5.74, 6) is 0.150. The fourth-order valence-electron chi connectivity index (χ4n) is 5.28. The van der Waals surface area contributed by atoms with Crippen LogP contribution in [0.15, 0.2) is 54.9 Å². The van der Waals surface area contributed by atoms with Gasteiger partial charge in [0.1, 0.15) is 0 Å². The second kappa shape index (κ2) is 16.1. The van der Waals surface area contributed by atoms with Crippen LogP contribution in [0.4, 0.5) is 15.9 Å². The minimum Gasteiger partial charge on any atom is -0.481 e. The number of nitrogens with one attached hydrogen (secondary N) is 4. The Morgan fingerprint density at radius 3 is 2.65 bits per heavy atom. The molecular formula is C33H36Cl2FN7O3. The topological polar surface area (TPSA) is 133 Å². The molecule has 242 valence electrons. The molecule has 0 aliphatic carbocycles. The fourth-order valence-corrected chi connectivity index (χ4v) is 5.86. The Morgan fingerprint density at radius 1 is 1.02 bits per heavy atom. The van der Waals surface area contributed by atoms with Gasteiger partial charge in [-0.15, -0.1) is 0 Å².